The van der Waals surface area contributed by atoms with Crippen LogP contribution < -0.4 is 9.84 Å². The van der Waals surface area contributed by atoms with Gasteiger partial charge in [0.15, 0.2) is 23.0 Å². The van der Waals surface area contributed by atoms with Crippen LogP contribution in [0.5, 0.6) is 23.0 Å². The normalized spacial score (nSPS) is 11.8. The molecule has 0 aliphatic carbocycles. The summed E-state index contributed by atoms with van der Waals surface area (Å²) in [4.78, 5) is 41.2. The highest BCUT2D eigenvalue weighted by atomic mass is 31.2. The van der Waals surface area contributed by atoms with Crippen molar-refractivity contribution in [1.82, 2.24) is 5.32 Å². The van der Waals surface area contributed by atoms with Crippen LogP contribution in [0.4, 0.5) is 0 Å². The molecule has 0 saturated carbocycles. The average molecular weight is 425 g/mol. The van der Waals surface area contributed by atoms with E-state index in [0.717, 1.165) is 0 Å². The Bertz CT molecular complexity index is 888. The lowest BCUT2D eigenvalue weighted by Crippen LogP contribution is -2.42. The molecule has 10 nitrogen and oxygen atoms in total. The number of benzene rings is 2. The molecule has 0 bridgehead atoms. The van der Waals surface area contributed by atoms with Gasteiger partial charge in [-0.25, -0.2) is 4.79 Å². The Morgan fingerprint density at radius 3 is 2.21 bits per heavy atom. The lowest BCUT2D eigenvalue weighted by molar-refractivity contribution is -0.141. The molecule has 1 amide bonds. The van der Waals surface area contributed by atoms with Crippen LogP contribution in [0.2, 0.25) is 0 Å². The molecular formula is C18H20NO9P. The van der Waals surface area contributed by atoms with E-state index in [0.29, 0.717) is 11.1 Å². The first-order chi connectivity index (χ1) is 13.7. The monoisotopic (exact) mass is 425 g/mol. The summed E-state index contributed by atoms with van der Waals surface area (Å²) in [6.07, 6.45) is 0.0641. The molecule has 0 heterocycles. The van der Waals surface area contributed by atoms with Gasteiger partial charge in [-0.3, -0.25) is 4.79 Å². The highest BCUT2D eigenvalue weighted by molar-refractivity contribution is 7.39. The first kappa shape index (κ1) is 22.2. The number of carboxylic acids is 1. The number of aliphatic carboxylic acids is 1. The number of hydrogen-bond donors (Lipinski definition) is 7. The number of aromatic hydroxyl groups is 3. The molecule has 11 heteroatoms. The summed E-state index contributed by atoms with van der Waals surface area (Å²) in [5.41, 5.74) is 0.974. The zero-order valence-electron chi connectivity index (χ0n) is 15.0. The van der Waals surface area contributed by atoms with E-state index in [4.69, 9.17) is 9.79 Å². The number of carbonyl (C=O) groups is 2. The van der Waals surface area contributed by atoms with Gasteiger partial charge in [0.05, 0.1) is 0 Å². The highest BCUT2D eigenvalue weighted by Crippen LogP contribution is 2.36. The van der Waals surface area contributed by atoms with E-state index in [9.17, 15) is 30.0 Å². The second-order valence-corrected chi connectivity index (χ2v) is 6.82. The van der Waals surface area contributed by atoms with Gasteiger partial charge in [-0.2, -0.15) is 0 Å². The Kier molecular flexibility index (Phi) is 7.60. The molecule has 2 aromatic rings. The van der Waals surface area contributed by atoms with E-state index in [1.807, 2.05) is 0 Å². The smallest absolute Gasteiger partial charge is 0.391 e. The van der Waals surface area contributed by atoms with E-state index in [1.165, 1.54) is 36.4 Å². The van der Waals surface area contributed by atoms with Gasteiger partial charge in [0.2, 0.25) is 5.91 Å². The molecule has 7 N–H and O–H groups in total. The molecule has 2 aromatic carbocycles. The van der Waals surface area contributed by atoms with Crippen molar-refractivity contribution in [3.8, 4) is 23.0 Å². The average Bonchev–Trinajstić information content (AvgIpc) is 2.64. The van der Waals surface area contributed by atoms with Crippen molar-refractivity contribution < 1.29 is 44.3 Å². The molecule has 0 saturated heterocycles. The quantitative estimate of drug-likeness (QED) is 0.229. The Morgan fingerprint density at radius 1 is 0.966 bits per heavy atom. The molecule has 1 unspecified atom stereocenters. The predicted molar refractivity (Wildman–Crippen MR) is 101 cm³/mol. The number of carboxylic acid groups (broad SMARTS) is 1. The van der Waals surface area contributed by atoms with Crippen molar-refractivity contribution in [2.75, 3.05) is 0 Å². The summed E-state index contributed by atoms with van der Waals surface area (Å²) in [7, 11) is -2.71. The van der Waals surface area contributed by atoms with Crippen molar-refractivity contribution in [3.05, 3.63) is 47.5 Å². The second-order valence-electron chi connectivity index (χ2n) is 6.13. The zero-order valence-corrected chi connectivity index (χ0v) is 15.9. The molecule has 1 atom stereocenters. The zero-order chi connectivity index (χ0) is 21.6. The van der Waals surface area contributed by atoms with Crippen LogP contribution in [0, 0.1) is 0 Å². The number of aryl methyl sites for hydroxylation is 1. The van der Waals surface area contributed by atoms with Crippen molar-refractivity contribution in [2.24, 2.45) is 0 Å². The molecule has 0 aromatic heterocycles. The lowest BCUT2D eigenvalue weighted by Gasteiger charge is -2.16. The van der Waals surface area contributed by atoms with Gasteiger partial charge in [-0.05, 0) is 41.8 Å². The third-order valence-electron chi connectivity index (χ3n) is 3.96. The van der Waals surface area contributed by atoms with Crippen LogP contribution in [0.1, 0.15) is 17.5 Å². The molecule has 0 spiro atoms. The van der Waals surface area contributed by atoms with Crippen LogP contribution in [-0.2, 0) is 22.4 Å². The Labute approximate surface area is 166 Å². The van der Waals surface area contributed by atoms with Gasteiger partial charge in [0, 0.05) is 12.8 Å². The standard InChI is InChI=1S/C18H20NO9P/c20-13-4-1-10(8-14(13)21)3-6-17(23)19-12(18(24)25)7-11-2-5-16(15(22)9-11)28-29(26)27/h1-2,4-5,8-9,12,20-22,26-27H,3,6-7H2,(H,19,23)(H,24,25). The summed E-state index contributed by atoms with van der Waals surface area (Å²) in [6, 6.07) is 6.77. The number of phenolic OH excluding ortho intramolecular Hbond substituents is 3. The molecule has 29 heavy (non-hydrogen) atoms. The molecule has 0 aliphatic rings. The third-order valence-corrected chi connectivity index (χ3v) is 4.32. The van der Waals surface area contributed by atoms with Crippen molar-refractivity contribution in [2.45, 2.75) is 25.3 Å². The number of rotatable bonds is 9. The fourth-order valence-electron chi connectivity index (χ4n) is 2.54. The van der Waals surface area contributed by atoms with Crippen molar-refractivity contribution in [3.63, 3.8) is 0 Å². The minimum absolute atomic E-state index is 0.0391. The van der Waals surface area contributed by atoms with Crippen LogP contribution in [-0.4, -0.2) is 48.1 Å². The fourth-order valence-corrected chi connectivity index (χ4v) is 2.87. The minimum atomic E-state index is -2.71. The maximum atomic E-state index is 12.1. The van der Waals surface area contributed by atoms with Gasteiger partial charge in [0.1, 0.15) is 6.04 Å². The van der Waals surface area contributed by atoms with Crippen molar-refractivity contribution in [1.29, 1.82) is 0 Å². The van der Waals surface area contributed by atoms with Crippen LogP contribution in [0.3, 0.4) is 0 Å². The van der Waals surface area contributed by atoms with Crippen LogP contribution >= 0.6 is 8.60 Å². The Balaban J connectivity index is 1.97. The van der Waals surface area contributed by atoms with Gasteiger partial charge >= 0.3 is 14.6 Å². The molecule has 0 aliphatic heterocycles. The van der Waals surface area contributed by atoms with Gasteiger partial charge in [-0.15, -0.1) is 0 Å². The highest BCUT2D eigenvalue weighted by Gasteiger charge is 2.21. The summed E-state index contributed by atoms with van der Waals surface area (Å²) in [5, 5.41) is 40.3. The van der Waals surface area contributed by atoms with E-state index in [1.54, 1.807) is 0 Å². The van der Waals surface area contributed by atoms with Gasteiger partial charge in [-0.1, -0.05) is 12.1 Å². The number of nitrogens with one attached hydrogen (secondary N) is 1. The summed E-state index contributed by atoms with van der Waals surface area (Å²) >= 11 is 0. The summed E-state index contributed by atoms with van der Waals surface area (Å²) < 4.78 is 4.61. The van der Waals surface area contributed by atoms with Crippen LogP contribution in [0.25, 0.3) is 0 Å². The van der Waals surface area contributed by atoms with E-state index >= 15 is 0 Å². The Hall–Kier alpha value is -3.07. The first-order valence-electron chi connectivity index (χ1n) is 8.36. The van der Waals surface area contributed by atoms with Crippen LogP contribution in [0.15, 0.2) is 36.4 Å². The summed E-state index contributed by atoms with van der Waals surface area (Å²) in [5.74, 6) is -2.96. The topological polar surface area (TPSA) is 177 Å². The molecule has 0 fully saturated rings. The maximum Gasteiger partial charge on any atom is 0.391 e. The Morgan fingerprint density at radius 2 is 1.62 bits per heavy atom. The van der Waals surface area contributed by atoms with E-state index in [2.05, 4.69) is 9.84 Å². The maximum absolute atomic E-state index is 12.1. The SMILES string of the molecule is O=C(CCc1ccc(O)c(O)c1)NC(Cc1ccc(OP(O)O)c(O)c1)C(=O)O. The van der Waals surface area contributed by atoms with Gasteiger partial charge in [0.25, 0.3) is 0 Å². The number of phenols is 3. The van der Waals surface area contributed by atoms with E-state index < -0.39 is 32.3 Å². The minimum Gasteiger partial charge on any atom is -0.504 e. The second kappa shape index (κ2) is 9.92. The largest absolute Gasteiger partial charge is 0.504 e. The number of hydrogen-bond acceptors (Lipinski definition) is 8. The lowest BCUT2D eigenvalue weighted by atomic mass is 10.0. The molecule has 156 valence electrons. The molecule has 0 radical (unpaired) electrons. The van der Waals surface area contributed by atoms with Gasteiger partial charge < -0.3 is 40.1 Å². The third kappa shape index (κ3) is 6.79. The summed E-state index contributed by atoms with van der Waals surface area (Å²) in [6.45, 7) is 0. The predicted octanol–water partition coefficient (Wildman–Crippen LogP) is 1.14. The number of amides is 1. The van der Waals surface area contributed by atoms with E-state index in [-0.39, 0.29) is 36.5 Å². The van der Waals surface area contributed by atoms with Crippen molar-refractivity contribution >= 4 is 20.5 Å². The first-order valence-corrected chi connectivity index (χ1v) is 9.53. The fraction of sp³-hybridized carbons (Fsp3) is 0.222. The molecule has 2 rings (SSSR count). The molecular weight excluding hydrogens is 405 g/mol. The number of carbonyl (C=O) groups excluding carboxylic acids is 1.